The fourth-order valence-corrected chi connectivity index (χ4v) is 3.66. The number of hydrogen-bond acceptors (Lipinski definition) is 4. The number of piperidine rings is 1. The van der Waals surface area contributed by atoms with Crippen LogP contribution < -0.4 is 4.90 Å². The largest absolute Gasteiger partial charge is 0.356 e. The van der Waals surface area contributed by atoms with Crippen LogP contribution in [0, 0.1) is 6.92 Å². The summed E-state index contributed by atoms with van der Waals surface area (Å²) in [6.45, 7) is 3.56. The van der Waals surface area contributed by atoms with Crippen molar-refractivity contribution < 1.29 is 4.79 Å². The third-order valence-corrected chi connectivity index (χ3v) is 5.59. The van der Waals surface area contributed by atoms with Crippen molar-refractivity contribution in [2.45, 2.75) is 32.2 Å². The molecule has 1 amide bonds. The molecule has 2 aromatic rings. The minimum absolute atomic E-state index is 0.200. The van der Waals surface area contributed by atoms with Crippen molar-refractivity contribution in [3.63, 3.8) is 0 Å². The van der Waals surface area contributed by atoms with Crippen molar-refractivity contribution in [2.75, 3.05) is 25.0 Å². The molecule has 5 nitrogen and oxygen atoms in total. The molecule has 0 N–H and O–H groups in total. The Morgan fingerprint density at radius 3 is 2.68 bits per heavy atom. The van der Waals surface area contributed by atoms with Crippen LogP contribution >= 0.6 is 15.9 Å². The normalized spacial score (nSPS) is 15.2. The molecule has 1 aliphatic heterocycles. The van der Waals surface area contributed by atoms with E-state index in [-0.39, 0.29) is 5.91 Å². The Morgan fingerprint density at radius 2 is 2.00 bits per heavy atom. The summed E-state index contributed by atoms with van der Waals surface area (Å²) in [5, 5.41) is 0. The minimum Gasteiger partial charge on any atom is -0.356 e. The van der Waals surface area contributed by atoms with Crippen LogP contribution in [0.15, 0.2) is 41.1 Å². The van der Waals surface area contributed by atoms with Gasteiger partial charge in [0.2, 0.25) is 5.91 Å². The van der Waals surface area contributed by atoms with Crippen molar-refractivity contribution in [1.29, 1.82) is 0 Å². The second kappa shape index (κ2) is 7.95. The van der Waals surface area contributed by atoms with Gasteiger partial charge >= 0.3 is 0 Å². The SMILES string of the molecule is Cc1cc(N(C)C2CCN(C(=O)Cc3ccccc3Br)CC2)ncn1. The second-order valence-corrected chi connectivity index (χ2v) is 7.36. The van der Waals surface area contributed by atoms with Crippen LogP contribution in [0.25, 0.3) is 0 Å². The first-order valence-corrected chi connectivity index (χ1v) is 9.36. The van der Waals surface area contributed by atoms with E-state index in [9.17, 15) is 4.79 Å². The smallest absolute Gasteiger partial charge is 0.227 e. The first kappa shape index (κ1) is 17.9. The van der Waals surface area contributed by atoms with Crippen LogP contribution in [-0.2, 0) is 11.2 Å². The molecular formula is C19H23BrN4O. The van der Waals surface area contributed by atoms with Crippen LogP contribution in [0.5, 0.6) is 0 Å². The van der Waals surface area contributed by atoms with E-state index in [4.69, 9.17) is 0 Å². The molecular weight excluding hydrogens is 380 g/mol. The zero-order chi connectivity index (χ0) is 17.8. The predicted octanol–water partition coefficient (Wildman–Crippen LogP) is 3.22. The number of aromatic nitrogens is 2. The monoisotopic (exact) mass is 402 g/mol. The van der Waals surface area contributed by atoms with Crippen LogP contribution in [0.1, 0.15) is 24.1 Å². The molecule has 6 heteroatoms. The highest BCUT2D eigenvalue weighted by Crippen LogP contribution is 2.22. The van der Waals surface area contributed by atoms with Gasteiger partial charge in [0, 0.05) is 42.4 Å². The number of halogens is 1. The van der Waals surface area contributed by atoms with Crippen LogP contribution in [0.4, 0.5) is 5.82 Å². The lowest BCUT2D eigenvalue weighted by Gasteiger charge is -2.37. The number of hydrogen-bond donors (Lipinski definition) is 0. The van der Waals surface area contributed by atoms with Gasteiger partial charge in [-0.1, -0.05) is 34.1 Å². The van der Waals surface area contributed by atoms with Gasteiger partial charge in [0.15, 0.2) is 0 Å². The third kappa shape index (κ3) is 4.37. The Kier molecular flexibility index (Phi) is 5.68. The molecule has 0 radical (unpaired) electrons. The molecule has 0 bridgehead atoms. The first-order chi connectivity index (χ1) is 12.0. The Bertz CT molecular complexity index is 744. The number of benzene rings is 1. The molecule has 0 saturated carbocycles. The van der Waals surface area contributed by atoms with Crippen LogP contribution in [0.2, 0.25) is 0 Å². The molecule has 1 aromatic carbocycles. The topological polar surface area (TPSA) is 49.3 Å². The van der Waals surface area contributed by atoms with E-state index in [0.717, 1.165) is 47.5 Å². The average molecular weight is 403 g/mol. The number of carbonyl (C=O) groups is 1. The number of likely N-dealkylation sites (tertiary alicyclic amines) is 1. The van der Waals surface area contributed by atoms with Gasteiger partial charge < -0.3 is 9.80 Å². The Hall–Kier alpha value is -1.95. The van der Waals surface area contributed by atoms with Crippen molar-refractivity contribution in [1.82, 2.24) is 14.9 Å². The molecule has 3 rings (SSSR count). The fourth-order valence-electron chi connectivity index (χ4n) is 3.24. The van der Waals surface area contributed by atoms with Gasteiger partial charge in [-0.3, -0.25) is 4.79 Å². The molecule has 2 heterocycles. The molecule has 1 fully saturated rings. The summed E-state index contributed by atoms with van der Waals surface area (Å²) in [5.41, 5.74) is 2.01. The van der Waals surface area contributed by atoms with Crippen molar-refractivity contribution in [2.24, 2.45) is 0 Å². The average Bonchev–Trinajstić information content (AvgIpc) is 2.63. The van der Waals surface area contributed by atoms with Gasteiger partial charge in [-0.25, -0.2) is 9.97 Å². The maximum absolute atomic E-state index is 12.6. The lowest BCUT2D eigenvalue weighted by atomic mass is 10.0. The number of rotatable bonds is 4. The maximum Gasteiger partial charge on any atom is 0.227 e. The summed E-state index contributed by atoms with van der Waals surface area (Å²) < 4.78 is 0.997. The summed E-state index contributed by atoms with van der Waals surface area (Å²) in [4.78, 5) is 25.3. The van der Waals surface area contributed by atoms with Crippen molar-refractivity contribution >= 4 is 27.7 Å². The number of amides is 1. The van der Waals surface area contributed by atoms with E-state index in [1.807, 2.05) is 42.2 Å². The highest BCUT2D eigenvalue weighted by molar-refractivity contribution is 9.10. The second-order valence-electron chi connectivity index (χ2n) is 6.51. The quantitative estimate of drug-likeness (QED) is 0.787. The number of aryl methyl sites for hydroxylation is 1. The maximum atomic E-state index is 12.6. The number of carbonyl (C=O) groups excluding carboxylic acids is 1. The summed E-state index contributed by atoms with van der Waals surface area (Å²) >= 11 is 3.52. The Morgan fingerprint density at radius 1 is 1.28 bits per heavy atom. The van der Waals surface area contributed by atoms with E-state index >= 15 is 0 Å². The Labute approximate surface area is 157 Å². The molecule has 1 saturated heterocycles. The molecule has 0 unspecified atom stereocenters. The summed E-state index contributed by atoms with van der Waals surface area (Å²) in [6, 6.07) is 10.3. The third-order valence-electron chi connectivity index (χ3n) is 4.82. The summed E-state index contributed by atoms with van der Waals surface area (Å²) in [5.74, 6) is 1.15. The van der Waals surface area contributed by atoms with Gasteiger partial charge in [0.05, 0.1) is 6.42 Å². The van der Waals surface area contributed by atoms with Crippen molar-refractivity contribution in [3.8, 4) is 0 Å². The first-order valence-electron chi connectivity index (χ1n) is 8.57. The van der Waals surface area contributed by atoms with Gasteiger partial charge in [-0.2, -0.15) is 0 Å². The molecule has 1 aliphatic rings. The summed E-state index contributed by atoms with van der Waals surface area (Å²) in [7, 11) is 2.07. The molecule has 0 spiro atoms. The lowest BCUT2D eigenvalue weighted by Crippen LogP contribution is -2.46. The molecule has 1 aromatic heterocycles. The number of anilines is 1. The molecule has 0 aliphatic carbocycles. The molecule has 0 atom stereocenters. The van der Waals surface area contributed by atoms with E-state index in [1.54, 1.807) is 6.33 Å². The lowest BCUT2D eigenvalue weighted by molar-refractivity contribution is -0.131. The Balaban J connectivity index is 1.56. The van der Waals surface area contributed by atoms with E-state index in [0.29, 0.717) is 12.5 Å². The fraction of sp³-hybridized carbons (Fsp3) is 0.421. The standard InChI is InChI=1S/C19H23BrN4O/c1-14-11-18(22-13-21-14)23(2)16-7-9-24(10-8-16)19(25)12-15-5-3-4-6-17(15)20/h3-6,11,13,16H,7-10,12H2,1-2H3. The van der Waals surface area contributed by atoms with E-state index < -0.39 is 0 Å². The molecule has 25 heavy (non-hydrogen) atoms. The predicted molar refractivity (Wildman–Crippen MR) is 103 cm³/mol. The minimum atomic E-state index is 0.200. The van der Waals surface area contributed by atoms with Crippen LogP contribution in [0.3, 0.4) is 0 Å². The zero-order valence-corrected chi connectivity index (χ0v) is 16.2. The van der Waals surface area contributed by atoms with E-state index in [2.05, 4.69) is 37.8 Å². The highest BCUT2D eigenvalue weighted by atomic mass is 79.9. The zero-order valence-electron chi connectivity index (χ0n) is 14.7. The number of nitrogens with zero attached hydrogens (tertiary/aromatic N) is 4. The highest BCUT2D eigenvalue weighted by Gasteiger charge is 2.26. The molecule has 132 valence electrons. The van der Waals surface area contributed by atoms with Crippen LogP contribution in [-0.4, -0.2) is 47.0 Å². The van der Waals surface area contributed by atoms with Gasteiger partial charge in [0.1, 0.15) is 12.1 Å². The summed E-state index contributed by atoms with van der Waals surface area (Å²) in [6.07, 6.45) is 3.98. The van der Waals surface area contributed by atoms with Gasteiger partial charge in [-0.05, 0) is 31.4 Å². The van der Waals surface area contributed by atoms with Gasteiger partial charge in [-0.15, -0.1) is 0 Å². The van der Waals surface area contributed by atoms with Crippen molar-refractivity contribution in [3.05, 3.63) is 52.4 Å². The van der Waals surface area contributed by atoms with E-state index in [1.165, 1.54) is 0 Å². The van der Waals surface area contributed by atoms with Gasteiger partial charge in [0.25, 0.3) is 0 Å².